The predicted octanol–water partition coefficient (Wildman–Crippen LogP) is 2.50. The lowest BCUT2D eigenvalue weighted by Crippen LogP contribution is -2.39. The van der Waals surface area contributed by atoms with E-state index in [1.807, 2.05) is 32.0 Å². The van der Waals surface area contributed by atoms with E-state index < -0.39 is 5.41 Å². The van der Waals surface area contributed by atoms with Crippen LogP contribution in [0.2, 0.25) is 0 Å². The predicted molar refractivity (Wildman–Crippen MR) is 75.2 cm³/mol. The molecule has 0 fully saturated rings. The normalized spacial score (nSPS) is 10.6. The largest absolute Gasteiger partial charge is 0.383 e. The smallest absolute Gasteiger partial charge is 0.227 e. The van der Waals surface area contributed by atoms with Gasteiger partial charge in [0.1, 0.15) is 6.07 Å². The van der Waals surface area contributed by atoms with Crippen molar-refractivity contribution in [2.75, 3.05) is 18.9 Å². The molecule has 0 saturated heterocycles. The van der Waals surface area contributed by atoms with Gasteiger partial charge in [-0.2, -0.15) is 5.26 Å². The van der Waals surface area contributed by atoms with Crippen LogP contribution < -0.4 is 10.6 Å². The molecule has 0 aliphatic heterocycles. The third-order valence-electron chi connectivity index (χ3n) is 2.69. The van der Waals surface area contributed by atoms with Crippen molar-refractivity contribution in [1.82, 2.24) is 5.32 Å². The summed E-state index contributed by atoms with van der Waals surface area (Å²) in [6.45, 7) is 4.16. The van der Waals surface area contributed by atoms with Crippen LogP contribution in [-0.4, -0.2) is 19.5 Å². The molecule has 0 bridgehead atoms. The summed E-state index contributed by atoms with van der Waals surface area (Å²) in [5.41, 5.74) is 0.734. The molecule has 0 atom stereocenters. The molecule has 1 amide bonds. The zero-order valence-corrected chi connectivity index (χ0v) is 12.3. The van der Waals surface area contributed by atoms with Gasteiger partial charge in [0.2, 0.25) is 5.91 Å². The lowest BCUT2D eigenvalue weighted by molar-refractivity contribution is -0.128. The molecule has 0 aliphatic rings. The summed E-state index contributed by atoms with van der Waals surface area (Å²) in [5.74, 6) is -0.0384. The Morgan fingerprint density at radius 1 is 1.50 bits per heavy atom. The molecule has 1 aromatic carbocycles. The second kappa shape index (κ2) is 5.87. The fourth-order valence-corrected chi connectivity index (χ4v) is 1.97. The highest BCUT2D eigenvalue weighted by Gasteiger charge is 2.26. The highest BCUT2D eigenvalue weighted by molar-refractivity contribution is 9.10. The fraction of sp³-hybridized carbons (Fsp3) is 0.385. The van der Waals surface area contributed by atoms with Crippen LogP contribution >= 0.6 is 15.9 Å². The number of halogens is 1. The van der Waals surface area contributed by atoms with E-state index in [4.69, 9.17) is 5.26 Å². The van der Waals surface area contributed by atoms with Crippen molar-refractivity contribution in [1.29, 1.82) is 5.26 Å². The Hall–Kier alpha value is -1.54. The van der Waals surface area contributed by atoms with E-state index in [9.17, 15) is 4.79 Å². The number of hydrogen-bond donors (Lipinski definition) is 2. The number of benzene rings is 1. The first-order valence-electron chi connectivity index (χ1n) is 5.57. The Morgan fingerprint density at radius 2 is 2.17 bits per heavy atom. The SMILES string of the molecule is CNC(=O)C(C)(C)CNc1cccc(Br)c1C#N. The Morgan fingerprint density at radius 3 is 2.72 bits per heavy atom. The molecule has 4 nitrogen and oxygen atoms in total. The number of nitriles is 1. The molecular formula is C13H16BrN3O. The first-order chi connectivity index (χ1) is 8.42. The maximum atomic E-state index is 11.7. The number of carbonyl (C=O) groups is 1. The van der Waals surface area contributed by atoms with Gasteiger partial charge in [0.25, 0.3) is 0 Å². The fourth-order valence-electron chi connectivity index (χ4n) is 1.52. The van der Waals surface area contributed by atoms with E-state index in [1.54, 1.807) is 7.05 Å². The number of amides is 1. The maximum absolute atomic E-state index is 11.7. The summed E-state index contributed by atoms with van der Waals surface area (Å²) in [6, 6.07) is 7.62. The van der Waals surface area contributed by atoms with Gasteiger partial charge in [-0.25, -0.2) is 0 Å². The van der Waals surface area contributed by atoms with Crippen LogP contribution in [0.25, 0.3) is 0 Å². The molecule has 0 heterocycles. The number of rotatable bonds is 4. The van der Waals surface area contributed by atoms with Gasteiger partial charge < -0.3 is 10.6 Å². The third-order valence-corrected chi connectivity index (χ3v) is 3.35. The van der Waals surface area contributed by atoms with Gasteiger partial charge in [0.15, 0.2) is 0 Å². The molecule has 1 rings (SSSR count). The van der Waals surface area contributed by atoms with Gasteiger partial charge in [-0.15, -0.1) is 0 Å². The Balaban J connectivity index is 2.85. The van der Waals surface area contributed by atoms with Crippen molar-refractivity contribution in [3.63, 3.8) is 0 Å². The van der Waals surface area contributed by atoms with Gasteiger partial charge in [-0.1, -0.05) is 6.07 Å². The minimum Gasteiger partial charge on any atom is -0.383 e. The highest BCUT2D eigenvalue weighted by Crippen LogP contribution is 2.25. The first kappa shape index (κ1) is 14.5. The number of anilines is 1. The second-order valence-electron chi connectivity index (χ2n) is 4.59. The van der Waals surface area contributed by atoms with Crippen molar-refractivity contribution < 1.29 is 4.79 Å². The van der Waals surface area contributed by atoms with E-state index in [1.165, 1.54) is 0 Å². The van der Waals surface area contributed by atoms with E-state index in [2.05, 4.69) is 32.6 Å². The molecule has 5 heteroatoms. The van der Waals surface area contributed by atoms with Crippen LogP contribution in [0.15, 0.2) is 22.7 Å². The summed E-state index contributed by atoms with van der Waals surface area (Å²) in [4.78, 5) is 11.7. The van der Waals surface area contributed by atoms with Crippen LogP contribution in [0.1, 0.15) is 19.4 Å². The molecule has 0 aliphatic carbocycles. The summed E-state index contributed by atoms with van der Waals surface area (Å²) in [6.07, 6.45) is 0. The average molecular weight is 310 g/mol. The molecule has 1 aromatic rings. The Bertz CT molecular complexity index is 491. The zero-order valence-electron chi connectivity index (χ0n) is 10.7. The van der Waals surface area contributed by atoms with Gasteiger partial charge in [0.05, 0.1) is 16.7 Å². The summed E-state index contributed by atoms with van der Waals surface area (Å²) >= 11 is 3.33. The van der Waals surface area contributed by atoms with Crippen LogP contribution in [0.5, 0.6) is 0 Å². The summed E-state index contributed by atoms with van der Waals surface area (Å²) in [7, 11) is 1.61. The maximum Gasteiger partial charge on any atom is 0.227 e. The third kappa shape index (κ3) is 3.23. The molecule has 96 valence electrons. The van der Waals surface area contributed by atoms with Gasteiger partial charge in [-0.05, 0) is 41.9 Å². The quantitative estimate of drug-likeness (QED) is 0.898. The molecule has 2 N–H and O–H groups in total. The molecule has 0 unspecified atom stereocenters. The van der Waals surface area contributed by atoms with E-state index in [0.29, 0.717) is 12.1 Å². The Labute approximate surface area is 116 Å². The minimum atomic E-state index is -0.538. The molecule has 0 radical (unpaired) electrons. The zero-order chi connectivity index (χ0) is 13.8. The van der Waals surface area contributed by atoms with E-state index >= 15 is 0 Å². The first-order valence-corrected chi connectivity index (χ1v) is 6.36. The van der Waals surface area contributed by atoms with Crippen LogP contribution in [0, 0.1) is 16.7 Å². The summed E-state index contributed by atoms with van der Waals surface area (Å²) in [5, 5.41) is 14.9. The monoisotopic (exact) mass is 309 g/mol. The Kier molecular flexibility index (Phi) is 4.74. The lowest BCUT2D eigenvalue weighted by Gasteiger charge is -2.23. The van der Waals surface area contributed by atoms with Gasteiger partial charge in [-0.3, -0.25) is 4.79 Å². The van der Waals surface area contributed by atoms with Crippen molar-refractivity contribution in [2.45, 2.75) is 13.8 Å². The van der Waals surface area contributed by atoms with Crippen LogP contribution in [0.3, 0.4) is 0 Å². The van der Waals surface area contributed by atoms with Crippen LogP contribution in [0.4, 0.5) is 5.69 Å². The highest BCUT2D eigenvalue weighted by atomic mass is 79.9. The van der Waals surface area contributed by atoms with E-state index in [-0.39, 0.29) is 5.91 Å². The molecule has 0 saturated carbocycles. The van der Waals surface area contributed by atoms with Crippen molar-refractivity contribution in [3.8, 4) is 6.07 Å². The number of hydrogen-bond acceptors (Lipinski definition) is 3. The average Bonchev–Trinajstić information content (AvgIpc) is 2.35. The molecular weight excluding hydrogens is 294 g/mol. The van der Waals surface area contributed by atoms with Crippen molar-refractivity contribution in [3.05, 3.63) is 28.2 Å². The summed E-state index contributed by atoms with van der Waals surface area (Å²) < 4.78 is 0.743. The lowest BCUT2D eigenvalue weighted by atomic mass is 9.92. The van der Waals surface area contributed by atoms with Gasteiger partial charge >= 0.3 is 0 Å². The second-order valence-corrected chi connectivity index (χ2v) is 5.45. The van der Waals surface area contributed by atoms with E-state index in [0.717, 1.165) is 10.2 Å². The van der Waals surface area contributed by atoms with Gasteiger partial charge in [0, 0.05) is 18.1 Å². The topological polar surface area (TPSA) is 64.9 Å². The number of carbonyl (C=O) groups excluding carboxylic acids is 1. The molecule has 0 aromatic heterocycles. The standard InChI is InChI=1S/C13H16BrN3O/c1-13(2,12(18)16-3)8-17-11-6-4-5-10(14)9(11)7-15/h4-6,17H,8H2,1-3H3,(H,16,18). The number of nitrogens with one attached hydrogen (secondary N) is 2. The van der Waals surface area contributed by atoms with Crippen molar-refractivity contribution in [2.24, 2.45) is 5.41 Å². The minimum absolute atomic E-state index is 0.0384. The van der Waals surface area contributed by atoms with Crippen molar-refractivity contribution >= 4 is 27.5 Å². The number of nitrogens with zero attached hydrogens (tertiary/aromatic N) is 1. The molecule has 18 heavy (non-hydrogen) atoms. The van der Waals surface area contributed by atoms with Crippen LogP contribution in [-0.2, 0) is 4.79 Å². The molecule has 0 spiro atoms.